The van der Waals surface area contributed by atoms with Gasteiger partial charge in [-0.15, -0.1) is 23.5 Å². The minimum atomic E-state index is -0.0357. The molecule has 0 aromatic heterocycles. The lowest BCUT2D eigenvalue weighted by Crippen LogP contribution is -2.41. The Morgan fingerprint density at radius 1 is 0.854 bits per heavy atom. The van der Waals surface area contributed by atoms with Crippen molar-refractivity contribution in [3.05, 3.63) is 96.6 Å². The van der Waals surface area contributed by atoms with Crippen LogP contribution < -0.4 is 19.9 Å². The molecule has 2 N–H and O–H groups in total. The minimum absolute atomic E-state index is 0.0357. The predicted octanol–water partition coefficient (Wildman–Crippen LogP) is 9.54. The molecule has 1 heterocycles. The van der Waals surface area contributed by atoms with E-state index in [4.69, 9.17) is 19.9 Å². The Balaban J connectivity index is 1.06. The Labute approximate surface area is 292 Å². The van der Waals surface area contributed by atoms with Gasteiger partial charge in [0.2, 0.25) is 0 Å². The Hall–Kier alpha value is -4.01. The number of carbonyl (C=O) groups excluding carboxylic acids is 1. The van der Waals surface area contributed by atoms with Crippen LogP contribution in [0.25, 0.3) is 32.7 Å². The fourth-order valence-electron chi connectivity index (χ4n) is 6.57. The largest absolute Gasteiger partial charge is 0.493 e. The van der Waals surface area contributed by atoms with E-state index in [1.165, 1.54) is 27.1 Å². The number of anilines is 1. The molecule has 0 spiro atoms. The molecule has 0 radical (unpaired) electrons. The van der Waals surface area contributed by atoms with Gasteiger partial charge in [-0.2, -0.15) is 0 Å². The fraction of sp³-hybridized carbons (Fsp3) is 0.325. The van der Waals surface area contributed by atoms with Gasteiger partial charge in [0.05, 0.1) is 36.5 Å². The van der Waals surface area contributed by atoms with Gasteiger partial charge in [0.25, 0.3) is 5.91 Å². The van der Waals surface area contributed by atoms with Gasteiger partial charge in [-0.1, -0.05) is 74.5 Å². The number of hydrogen-bond donors (Lipinski definition) is 1. The van der Waals surface area contributed by atoms with Crippen LogP contribution in [0.2, 0.25) is 0 Å². The first-order valence-corrected chi connectivity index (χ1v) is 18.9. The summed E-state index contributed by atoms with van der Waals surface area (Å²) in [5.74, 6) is 3.86. The Morgan fingerprint density at radius 3 is 2.27 bits per heavy atom. The van der Waals surface area contributed by atoms with Gasteiger partial charge in [-0.05, 0) is 81.3 Å². The molecule has 1 fully saturated rings. The molecule has 0 saturated carbocycles. The molecule has 5 aromatic rings. The normalized spacial score (nSPS) is 14.6. The lowest BCUT2D eigenvalue weighted by atomic mass is 9.93. The first kappa shape index (κ1) is 33.9. The summed E-state index contributed by atoms with van der Waals surface area (Å²) < 4.78 is 18.1. The Kier molecular flexibility index (Phi) is 11.2. The fourth-order valence-corrected chi connectivity index (χ4v) is 9.44. The van der Waals surface area contributed by atoms with Crippen LogP contribution in [0.4, 0.5) is 5.69 Å². The summed E-state index contributed by atoms with van der Waals surface area (Å²) in [6.07, 6.45) is 2.69. The molecule has 5 aromatic carbocycles. The van der Waals surface area contributed by atoms with E-state index in [9.17, 15) is 4.79 Å². The van der Waals surface area contributed by atoms with E-state index in [2.05, 4.69) is 80.6 Å². The van der Waals surface area contributed by atoms with E-state index < -0.39 is 0 Å². The van der Waals surface area contributed by atoms with Gasteiger partial charge in [-0.25, -0.2) is 0 Å². The molecular formula is C40H44N2O4S2. The monoisotopic (exact) mass is 680 g/mol. The third-order valence-electron chi connectivity index (χ3n) is 8.85. The van der Waals surface area contributed by atoms with E-state index >= 15 is 0 Å². The average molecular weight is 681 g/mol. The van der Waals surface area contributed by atoms with Gasteiger partial charge in [0.1, 0.15) is 5.75 Å². The highest BCUT2D eigenvalue weighted by atomic mass is 32.2. The topological polar surface area (TPSA) is 74.0 Å². The average Bonchev–Trinajstić information content (AvgIpc) is 3.61. The molecule has 6 nitrogen and oxygen atoms in total. The summed E-state index contributed by atoms with van der Waals surface area (Å²) in [6.45, 7) is 6.01. The maximum absolute atomic E-state index is 13.7. The standard InChI is InChI=1S/C40H44N2O4S2/c1-4-47-40(48-5-2)36-16-10-21-42(36)39(43)34-25-37(44-3)38(26-35(34)41)46-23-11-22-45-29-19-17-27(18-20-29)33-24-28-12-6-7-13-30(28)31-14-8-9-15-32(31)33/h6-9,12-15,17-20,24-26,36,40H,4-5,10-11,16,21-23,41H2,1-3H3/t36-/m0/s1. The van der Waals surface area contributed by atoms with Gasteiger partial charge >= 0.3 is 0 Å². The second-order valence-electron chi connectivity index (χ2n) is 11.8. The molecule has 1 aliphatic heterocycles. The van der Waals surface area contributed by atoms with Crippen molar-refractivity contribution < 1.29 is 19.0 Å². The third kappa shape index (κ3) is 7.35. The molecule has 48 heavy (non-hydrogen) atoms. The highest BCUT2D eigenvalue weighted by molar-refractivity contribution is 8.17. The second kappa shape index (κ2) is 15.9. The molecule has 1 atom stereocenters. The number of nitrogen functional groups attached to an aromatic ring is 1. The summed E-state index contributed by atoms with van der Waals surface area (Å²) in [5, 5.41) is 4.99. The van der Waals surface area contributed by atoms with Crippen molar-refractivity contribution >= 4 is 56.7 Å². The quantitative estimate of drug-likeness (QED) is 0.0542. The van der Waals surface area contributed by atoms with E-state index in [1.807, 2.05) is 40.6 Å². The van der Waals surface area contributed by atoms with Crippen molar-refractivity contribution in [3.8, 4) is 28.4 Å². The SMILES string of the molecule is CCSC(SCC)[C@@H]1CCCN1C(=O)c1cc(OC)c(OCCCOc2ccc(-c3cc4ccccc4c4ccccc34)cc2)cc1N. The number of hydrogen-bond acceptors (Lipinski definition) is 7. The van der Waals surface area contributed by atoms with Gasteiger partial charge in [0, 0.05) is 24.7 Å². The Morgan fingerprint density at radius 2 is 1.54 bits per heavy atom. The third-order valence-corrected chi connectivity index (χ3v) is 11.6. The van der Waals surface area contributed by atoms with Crippen molar-refractivity contribution in [2.24, 2.45) is 0 Å². The summed E-state index contributed by atoms with van der Waals surface area (Å²) in [6, 6.07) is 31.3. The van der Waals surface area contributed by atoms with Crippen molar-refractivity contribution in [1.29, 1.82) is 0 Å². The number of likely N-dealkylation sites (tertiary alicyclic amines) is 1. The molecule has 1 aliphatic rings. The zero-order valence-corrected chi connectivity index (χ0v) is 29.6. The van der Waals surface area contributed by atoms with Crippen LogP contribution in [0.3, 0.4) is 0 Å². The lowest BCUT2D eigenvalue weighted by molar-refractivity contribution is 0.0746. The maximum atomic E-state index is 13.7. The molecule has 6 rings (SSSR count). The van der Waals surface area contributed by atoms with Crippen LogP contribution >= 0.6 is 23.5 Å². The van der Waals surface area contributed by atoms with Crippen LogP contribution in [0.5, 0.6) is 17.2 Å². The van der Waals surface area contributed by atoms with Crippen LogP contribution in [-0.2, 0) is 0 Å². The number of benzene rings is 5. The lowest BCUT2D eigenvalue weighted by Gasteiger charge is -2.31. The number of methoxy groups -OCH3 is 1. The van der Waals surface area contributed by atoms with E-state index in [0.29, 0.717) is 47.0 Å². The minimum Gasteiger partial charge on any atom is -0.493 e. The zero-order chi connectivity index (χ0) is 33.5. The highest BCUT2D eigenvalue weighted by Crippen LogP contribution is 2.39. The van der Waals surface area contributed by atoms with E-state index in [1.54, 1.807) is 19.2 Å². The van der Waals surface area contributed by atoms with Gasteiger partial charge < -0.3 is 24.8 Å². The number of thioether (sulfide) groups is 2. The summed E-state index contributed by atoms with van der Waals surface area (Å²) >= 11 is 3.85. The maximum Gasteiger partial charge on any atom is 0.256 e. The number of fused-ring (bicyclic) bond motifs is 3. The zero-order valence-electron chi connectivity index (χ0n) is 27.9. The van der Waals surface area contributed by atoms with Crippen LogP contribution in [-0.4, -0.2) is 59.8 Å². The molecule has 0 aliphatic carbocycles. The first-order valence-electron chi connectivity index (χ1n) is 16.8. The molecular weight excluding hydrogens is 637 g/mol. The van der Waals surface area contributed by atoms with Crippen LogP contribution in [0, 0.1) is 0 Å². The Bertz CT molecular complexity index is 1860. The molecule has 0 unspecified atom stereocenters. The van der Waals surface area contributed by atoms with Crippen molar-refractivity contribution in [2.75, 3.05) is 44.1 Å². The van der Waals surface area contributed by atoms with Gasteiger partial charge in [-0.3, -0.25) is 4.79 Å². The van der Waals surface area contributed by atoms with Crippen LogP contribution in [0.15, 0.2) is 91.0 Å². The molecule has 0 bridgehead atoms. The number of rotatable bonds is 14. The molecule has 8 heteroatoms. The number of amides is 1. The highest BCUT2D eigenvalue weighted by Gasteiger charge is 2.36. The number of nitrogens with two attached hydrogens (primary N) is 1. The summed E-state index contributed by atoms with van der Waals surface area (Å²) in [5.41, 5.74) is 9.68. The van der Waals surface area contributed by atoms with Crippen molar-refractivity contribution in [2.45, 2.75) is 43.7 Å². The first-order chi connectivity index (χ1) is 23.5. The molecule has 1 saturated heterocycles. The number of carbonyl (C=O) groups is 1. The van der Waals surface area contributed by atoms with E-state index in [-0.39, 0.29) is 11.9 Å². The summed E-state index contributed by atoms with van der Waals surface area (Å²) in [7, 11) is 1.59. The van der Waals surface area contributed by atoms with Crippen molar-refractivity contribution in [1.82, 2.24) is 4.90 Å². The second-order valence-corrected chi connectivity index (χ2v) is 15.0. The smallest absolute Gasteiger partial charge is 0.256 e. The van der Waals surface area contributed by atoms with Gasteiger partial charge in [0.15, 0.2) is 11.5 Å². The molecule has 250 valence electrons. The number of ether oxygens (including phenoxy) is 3. The molecule has 1 amide bonds. The predicted molar refractivity (Wildman–Crippen MR) is 204 cm³/mol. The van der Waals surface area contributed by atoms with Crippen LogP contribution in [0.1, 0.15) is 43.5 Å². The number of nitrogens with zero attached hydrogens (tertiary/aromatic N) is 1. The summed E-state index contributed by atoms with van der Waals surface area (Å²) in [4.78, 5) is 15.7. The van der Waals surface area contributed by atoms with E-state index in [0.717, 1.165) is 42.2 Å². The van der Waals surface area contributed by atoms with Crippen molar-refractivity contribution in [3.63, 3.8) is 0 Å².